The number of hydrogen-bond donors (Lipinski definition) is 1. The molecule has 0 fully saturated rings. The Hall–Kier alpha value is -1.26. The van der Waals surface area contributed by atoms with Crippen molar-refractivity contribution >= 4 is 22.6 Å². The molecule has 3 nitrogen and oxygen atoms in total. The highest BCUT2D eigenvalue weighted by Gasteiger charge is 2.30. The van der Waals surface area contributed by atoms with Gasteiger partial charge in [0.15, 0.2) is 5.17 Å². The summed E-state index contributed by atoms with van der Waals surface area (Å²) in [4.78, 5) is 8.19. The molecule has 0 saturated carbocycles. The SMILES string of the molecule is CC(C)c1ccc(C2=C(CN)SC3=NCCCN32)cc1. The number of fused-ring (bicyclic) bond motifs is 1. The third-order valence-corrected chi connectivity index (χ3v) is 4.94. The molecule has 2 aliphatic heterocycles. The minimum Gasteiger partial charge on any atom is -0.326 e. The van der Waals surface area contributed by atoms with Crippen LogP contribution in [-0.2, 0) is 0 Å². The summed E-state index contributed by atoms with van der Waals surface area (Å²) in [6.45, 7) is 7.02. The van der Waals surface area contributed by atoms with E-state index in [1.54, 1.807) is 11.8 Å². The van der Waals surface area contributed by atoms with E-state index in [1.807, 2.05) is 0 Å². The quantitative estimate of drug-likeness (QED) is 0.928. The molecule has 0 aliphatic carbocycles. The average molecular weight is 287 g/mol. The zero-order valence-electron chi connectivity index (χ0n) is 12.1. The van der Waals surface area contributed by atoms with E-state index in [0.717, 1.165) is 24.7 Å². The predicted octanol–water partition coefficient (Wildman–Crippen LogP) is 3.25. The Morgan fingerprint density at radius 3 is 2.70 bits per heavy atom. The van der Waals surface area contributed by atoms with Crippen LogP contribution in [0.1, 0.15) is 37.3 Å². The second-order valence-corrected chi connectivity index (χ2v) is 6.59. The van der Waals surface area contributed by atoms with Crippen molar-refractivity contribution in [1.82, 2.24) is 4.90 Å². The fourth-order valence-corrected chi connectivity index (χ4v) is 3.75. The van der Waals surface area contributed by atoms with Gasteiger partial charge >= 0.3 is 0 Å². The molecule has 0 bridgehead atoms. The monoisotopic (exact) mass is 287 g/mol. The standard InChI is InChI=1S/C16H21N3S/c1-11(2)12-4-6-13(7-5-12)15-14(10-17)20-16-18-8-3-9-19(15)16/h4-7,11H,3,8-10,17H2,1-2H3. The molecular formula is C16H21N3S. The van der Waals surface area contributed by atoms with Crippen LogP contribution in [-0.4, -0.2) is 29.7 Å². The van der Waals surface area contributed by atoms with E-state index in [0.29, 0.717) is 12.5 Å². The van der Waals surface area contributed by atoms with E-state index in [2.05, 4.69) is 48.0 Å². The van der Waals surface area contributed by atoms with Gasteiger partial charge in [0.05, 0.1) is 5.70 Å². The molecule has 2 N–H and O–H groups in total. The molecule has 4 heteroatoms. The van der Waals surface area contributed by atoms with Crippen molar-refractivity contribution in [2.75, 3.05) is 19.6 Å². The smallest absolute Gasteiger partial charge is 0.168 e. The largest absolute Gasteiger partial charge is 0.326 e. The molecule has 0 spiro atoms. The van der Waals surface area contributed by atoms with E-state index >= 15 is 0 Å². The highest BCUT2D eigenvalue weighted by atomic mass is 32.2. The second kappa shape index (κ2) is 5.62. The first-order valence-corrected chi connectivity index (χ1v) is 8.05. The minimum atomic E-state index is 0.567. The number of hydrogen-bond acceptors (Lipinski definition) is 4. The molecular weight excluding hydrogens is 266 g/mol. The second-order valence-electron chi connectivity index (χ2n) is 5.52. The van der Waals surface area contributed by atoms with Gasteiger partial charge in [0.2, 0.25) is 0 Å². The van der Waals surface area contributed by atoms with Gasteiger partial charge in [-0.2, -0.15) is 0 Å². The zero-order chi connectivity index (χ0) is 14.1. The van der Waals surface area contributed by atoms with Gasteiger partial charge in [0.1, 0.15) is 0 Å². The third-order valence-electron chi connectivity index (χ3n) is 3.80. The Kier molecular flexibility index (Phi) is 3.85. The lowest BCUT2D eigenvalue weighted by Crippen LogP contribution is -2.29. The van der Waals surface area contributed by atoms with Crippen LogP contribution < -0.4 is 5.73 Å². The molecule has 106 valence electrons. The summed E-state index contributed by atoms with van der Waals surface area (Å²) in [5.41, 5.74) is 9.84. The molecule has 20 heavy (non-hydrogen) atoms. The lowest BCUT2D eigenvalue weighted by Gasteiger charge is -2.25. The van der Waals surface area contributed by atoms with Gasteiger partial charge in [0.25, 0.3) is 0 Å². The van der Waals surface area contributed by atoms with Crippen molar-refractivity contribution in [3.05, 3.63) is 40.3 Å². The summed E-state index contributed by atoms with van der Waals surface area (Å²) in [5, 5.41) is 1.12. The summed E-state index contributed by atoms with van der Waals surface area (Å²) in [6.07, 6.45) is 1.12. The normalized spacial score (nSPS) is 18.6. The van der Waals surface area contributed by atoms with Crippen molar-refractivity contribution in [3.8, 4) is 0 Å². The molecule has 0 saturated heterocycles. The van der Waals surface area contributed by atoms with Gasteiger partial charge in [-0.05, 0) is 23.5 Å². The summed E-state index contributed by atoms with van der Waals surface area (Å²) in [5.74, 6) is 0.567. The molecule has 2 aliphatic rings. The lowest BCUT2D eigenvalue weighted by atomic mass is 10.0. The van der Waals surface area contributed by atoms with Crippen LogP contribution in [0.5, 0.6) is 0 Å². The zero-order valence-corrected chi connectivity index (χ0v) is 12.9. The predicted molar refractivity (Wildman–Crippen MR) is 87.7 cm³/mol. The Bertz CT molecular complexity index is 558. The molecule has 0 amide bonds. The average Bonchev–Trinajstić information content (AvgIpc) is 2.85. The fourth-order valence-electron chi connectivity index (χ4n) is 2.67. The molecule has 0 radical (unpaired) electrons. The number of nitrogens with two attached hydrogens (primary N) is 1. The van der Waals surface area contributed by atoms with Crippen LogP contribution in [0.2, 0.25) is 0 Å². The third kappa shape index (κ3) is 2.38. The number of thioether (sulfide) groups is 1. The number of aliphatic imine (C=N–C) groups is 1. The Labute approximate surface area is 124 Å². The first-order valence-electron chi connectivity index (χ1n) is 7.24. The number of nitrogens with zero attached hydrogens (tertiary/aromatic N) is 2. The Morgan fingerprint density at radius 1 is 1.30 bits per heavy atom. The topological polar surface area (TPSA) is 41.6 Å². The molecule has 0 atom stereocenters. The van der Waals surface area contributed by atoms with Gasteiger partial charge in [0, 0.05) is 24.5 Å². The van der Waals surface area contributed by atoms with E-state index in [-0.39, 0.29) is 0 Å². The van der Waals surface area contributed by atoms with Crippen molar-refractivity contribution < 1.29 is 0 Å². The van der Waals surface area contributed by atoms with E-state index in [9.17, 15) is 0 Å². The maximum Gasteiger partial charge on any atom is 0.168 e. The van der Waals surface area contributed by atoms with Crippen molar-refractivity contribution in [2.24, 2.45) is 10.7 Å². The van der Waals surface area contributed by atoms with Crippen molar-refractivity contribution in [2.45, 2.75) is 26.2 Å². The van der Waals surface area contributed by atoms with Crippen LogP contribution in [0.3, 0.4) is 0 Å². The molecule has 2 heterocycles. The number of amidine groups is 1. The maximum atomic E-state index is 5.93. The van der Waals surface area contributed by atoms with Crippen molar-refractivity contribution in [1.29, 1.82) is 0 Å². The van der Waals surface area contributed by atoms with Gasteiger partial charge in [-0.3, -0.25) is 4.99 Å². The number of rotatable bonds is 3. The van der Waals surface area contributed by atoms with E-state index in [4.69, 9.17) is 5.73 Å². The highest BCUT2D eigenvalue weighted by molar-refractivity contribution is 8.17. The Morgan fingerprint density at radius 2 is 2.05 bits per heavy atom. The van der Waals surface area contributed by atoms with Crippen LogP contribution in [0, 0.1) is 0 Å². The minimum absolute atomic E-state index is 0.567. The summed E-state index contributed by atoms with van der Waals surface area (Å²) < 4.78 is 0. The van der Waals surface area contributed by atoms with Crippen molar-refractivity contribution in [3.63, 3.8) is 0 Å². The highest BCUT2D eigenvalue weighted by Crippen LogP contribution is 2.40. The molecule has 0 unspecified atom stereocenters. The molecule has 1 aromatic rings. The Balaban J connectivity index is 1.98. The first-order chi connectivity index (χ1) is 9.70. The first kappa shape index (κ1) is 13.7. The summed E-state index contributed by atoms with van der Waals surface area (Å²) in [7, 11) is 0. The molecule has 1 aromatic carbocycles. The van der Waals surface area contributed by atoms with E-state index < -0.39 is 0 Å². The fraction of sp³-hybridized carbons (Fsp3) is 0.438. The van der Waals surface area contributed by atoms with Gasteiger partial charge in [-0.25, -0.2) is 0 Å². The van der Waals surface area contributed by atoms with Gasteiger partial charge in [-0.1, -0.05) is 49.9 Å². The number of benzene rings is 1. The molecule has 0 aromatic heterocycles. The van der Waals surface area contributed by atoms with Crippen LogP contribution in [0.4, 0.5) is 0 Å². The lowest BCUT2D eigenvalue weighted by molar-refractivity contribution is 0.540. The summed E-state index contributed by atoms with van der Waals surface area (Å²) in [6, 6.07) is 8.90. The molecule has 3 rings (SSSR count). The van der Waals surface area contributed by atoms with E-state index in [1.165, 1.54) is 21.7 Å². The van der Waals surface area contributed by atoms with Crippen LogP contribution in [0.25, 0.3) is 5.70 Å². The maximum absolute atomic E-state index is 5.93. The van der Waals surface area contributed by atoms with Gasteiger partial charge < -0.3 is 10.6 Å². The summed E-state index contributed by atoms with van der Waals surface area (Å²) >= 11 is 1.74. The van der Waals surface area contributed by atoms with Crippen LogP contribution in [0.15, 0.2) is 34.2 Å². The van der Waals surface area contributed by atoms with Gasteiger partial charge in [-0.15, -0.1) is 0 Å². The van der Waals surface area contributed by atoms with Crippen LogP contribution >= 0.6 is 11.8 Å².